The molecule has 15 heteroatoms. The van der Waals surface area contributed by atoms with Gasteiger partial charge in [-0.2, -0.15) is 0 Å². The van der Waals surface area contributed by atoms with E-state index in [-0.39, 0.29) is 12.8 Å². The van der Waals surface area contributed by atoms with Crippen LogP contribution in [0.15, 0.2) is 134 Å². The zero-order chi connectivity index (χ0) is 50.1. The van der Waals surface area contributed by atoms with Crippen LogP contribution >= 0.6 is 7.82 Å². The van der Waals surface area contributed by atoms with Crippen LogP contribution in [0.3, 0.4) is 0 Å². The van der Waals surface area contributed by atoms with Crippen LogP contribution in [0, 0.1) is 0 Å². The molecule has 4 unspecified atom stereocenters. The average Bonchev–Trinajstić information content (AvgIpc) is 3.32. The lowest BCUT2D eigenvalue weighted by Gasteiger charge is -2.41. The highest BCUT2D eigenvalue weighted by Gasteiger charge is 2.51. The van der Waals surface area contributed by atoms with Gasteiger partial charge in [0.2, 0.25) is 0 Å². The molecule has 0 aliphatic heterocycles. The number of ether oxygens (including phenoxy) is 2. The summed E-state index contributed by atoms with van der Waals surface area (Å²) >= 11 is 0. The highest BCUT2D eigenvalue weighted by Crippen LogP contribution is 2.47. The third kappa shape index (κ3) is 32.7. The van der Waals surface area contributed by atoms with Gasteiger partial charge in [-0.15, -0.1) is 0 Å². The lowest BCUT2D eigenvalue weighted by atomic mass is 9.85. The van der Waals surface area contributed by atoms with Crippen molar-refractivity contribution in [1.82, 2.24) is 0 Å². The van der Waals surface area contributed by atoms with Gasteiger partial charge >= 0.3 is 19.8 Å². The number of carbonyl (C=O) groups is 2. The van der Waals surface area contributed by atoms with Crippen LogP contribution in [0.4, 0.5) is 0 Å². The molecule has 0 saturated heterocycles. The van der Waals surface area contributed by atoms with Gasteiger partial charge in [0.15, 0.2) is 6.10 Å². The van der Waals surface area contributed by atoms with E-state index < -0.39 is 81.8 Å². The Morgan fingerprint density at radius 3 is 1.54 bits per heavy atom. The van der Waals surface area contributed by atoms with Crippen molar-refractivity contribution in [1.29, 1.82) is 0 Å². The first-order valence-electron chi connectivity index (χ1n) is 24.1. The van der Waals surface area contributed by atoms with Gasteiger partial charge in [-0.25, -0.2) is 4.57 Å². The maximum Gasteiger partial charge on any atom is 0.472 e. The second kappa shape index (κ2) is 40.8. The molecular weight excluding hydrogens is 892 g/mol. The van der Waals surface area contributed by atoms with Gasteiger partial charge in [-0.3, -0.25) is 18.6 Å². The van der Waals surface area contributed by atoms with E-state index in [1.54, 1.807) is 12.2 Å². The Hall–Kier alpha value is -4.05. The van der Waals surface area contributed by atoms with Crippen molar-refractivity contribution in [3.63, 3.8) is 0 Å². The summed E-state index contributed by atoms with van der Waals surface area (Å²) in [6.07, 6.45) is 42.5. The van der Waals surface area contributed by atoms with Crippen molar-refractivity contribution in [2.45, 2.75) is 172 Å². The molecule has 68 heavy (non-hydrogen) atoms. The first-order chi connectivity index (χ1) is 32.8. The van der Waals surface area contributed by atoms with Gasteiger partial charge in [0, 0.05) is 12.8 Å². The number of allylic oxidation sites excluding steroid dienone is 20. The number of rotatable bonds is 37. The minimum atomic E-state index is -5.17. The second-order valence-electron chi connectivity index (χ2n) is 16.0. The van der Waals surface area contributed by atoms with Crippen LogP contribution in [-0.4, -0.2) is 110 Å². The second-order valence-corrected chi connectivity index (χ2v) is 17.5. The van der Waals surface area contributed by atoms with Crippen molar-refractivity contribution in [3.8, 4) is 0 Å². The van der Waals surface area contributed by atoms with Crippen LogP contribution < -0.4 is 0 Å². The zero-order valence-electron chi connectivity index (χ0n) is 40.2. The van der Waals surface area contributed by atoms with Gasteiger partial charge in [0.05, 0.1) is 12.7 Å². The third-order valence-electron chi connectivity index (χ3n) is 10.1. The molecule has 1 saturated carbocycles. The zero-order valence-corrected chi connectivity index (χ0v) is 41.1. The monoisotopic (exact) mass is 973 g/mol. The van der Waals surface area contributed by atoms with Crippen LogP contribution in [-0.2, 0) is 32.7 Å². The summed E-state index contributed by atoms with van der Waals surface area (Å²) in [5.41, 5.74) is 0. The number of hydrogen-bond acceptors (Lipinski definition) is 13. The molecule has 1 aliphatic carbocycles. The summed E-state index contributed by atoms with van der Waals surface area (Å²) in [4.78, 5) is 35.7. The highest BCUT2D eigenvalue weighted by molar-refractivity contribution is 7.47. The summed E-state index contributed by atoms with van der Waals surface area (Å²) in [6.45, 7) is 2.90. The molecule has 0 aromatic heterocycles. The standard InChI is InChI=1S/C53H81O14P/c1-3-5-7-9-11-12-13-14-15-16-17-18-19-20-21-25-28-32-36-40-46(55)64-42-45(43-65-68(62,63)67-53-51(60)49(58)48(57)50(59)52(53)61)66-47(56)41-37-33-29-26-23-22-24-27-31-35-39-44(54)38-34-30-10-8-6-4-2/h5-8,11-12,14-15,17-18,20-23,27,29-31,33-35,39,44-45,48-54,57-61H,3-4,9-10,13,16,19,24-26,28,32,36-38,40-43H2,1-2H3,(H,62,63)/b7-5-,8-6-,12-11-,15-14-,18-17-,21-20-,23-22-,31-27-,33-29-,34-30-,39-35+/t44?,45-,48?,49-,50+,51-,52-,53?/m1/s1. The van der Waals surface area contributed by atoms with Crippen LogP contribution in [0.1, 0.15) is 123 Å². The van der Waals surface area contributed by atoms with Gasteiger partial charge < -0.3 is 45.0 Å². The van der Waals surface area contributed by atoms with E-state index in [1.165, 1.54) is 0 Å². The molecule has 0 amide bonds. The molecule has 0 aromatic carbocycles. The minimum absolute atomic E-state index is 0.0684. The number of unbranched alkanes of at least 4 members (excludes halogenated alkanes) is 3. The lowest BCUT2D eigenvalue weighted by molar-refractivity contribution is -0.220. The van der Waals surface area contributed by atoms with Gasteiger partial charge in [0.25, 0.3) is 0 Å². The van der Waals surface area contributed by atoms with E-state index in [0.717, 1.165) is 64.2 Å². The topological polar surface area (TPSA) is 230 Å². The summed E-state index contributed by atoms with van der Waals surface area (Å²) in [7, 11) is -5.17. The number of aliphatic hydroxyl groups excluding tert-OH is 6. The van der Waals surface area contributed by atoms with Gasteiger partial charge in [0.1, 0.15) is 43.2 Å². The Labute approximate surface area is 405 Å². The molecule has 0 aromatic rings. The molecule has 14 nitrogen and oxygen atoms in total. The van der Waals surface area contributed by atoms with Gasteiger partial charge in [-0.1, -0.05) is 154 Å². The molecule has 7 N–H and O–H groups in total. The normalized spacial score (nSPS) is 22.7. The summed E-state index contributed by atoms with van der Waals surface area (Å²) in [6, 6.07) is 0. The number of aliphatic hydroxyl groups is 6. The average molecular weight is 973 g/mol. The number of phosphoric ester groups is 1. The van der Waals surface area contributed by atoms with E-state index in [2.05, 4.69) is 86.8 Å². The summed E-state index contributed by atoms with van der Waals surface area (Å²) < 4.78 is 33.4. The molecular formula is C53H81O14P. The summed E-state index contributed by atoms with van der Waals surface area (Å²) in [5, 5.41) is 60.2. The Kier molecular flexibility index (Phi) is 37.2. The predicted octanol–water partition coefficient (Wildman–Crippen LogP) is 8.91. The lowest BCUT2D eigenvalue weighted by Crippen LogP contribution is -2.64. The number of hydrogen-bond donors (Lipinski definition) is 7. The van der Waals surface area contributed by atoms with E-state index in [1.807, 2.05) is 48.6 Å². The van der Waals surface area contributed by atoms with Crippen molar-refractivity contribution in [3.05, 3.63) is 134 Å². The Morgan fingerprint density at radius 1 is 0.529 bits per heavy atom. The maximum absolute atomic E-state index is 12.8. The van der Waals surface area contributed by atoms with Crippen LogP contribution in [0.2, 0.25) is 0 Å². The molecule has 1 aliphatic rings. The number of phosphoric acid groups is 1. The van der Waals surface area contributed by atoms with Crippen LogP contribution in [0.25, 0.3) is 0 Å². The van der Waals surface area contributed by atoms with Crippen LogP contribution in [0.5, 0.6) is 0 Å². The molecule has 1 fully saturated rings. The van der Waals surface area contributed by atoms with Crippen molar-refractivity contribution in [2.24, 2.45) is 0 Å². The largest absolute Gasteiger partial charge is 0.472 e. The highest BCUT2D eigenvalue weighted by atomic mass is 31.2. The Morgan fingerprint density at radius 2 is 1.00 bits per heavy atom. The number of esters is 2. The molecule has 0 heterocycles. The molecule has 9 atom stereocenters. The SMILES string of the molecule is CC/C=C\C/C=C\C/C=C\C/C=C\C/C=C\CCCCCC(=O)OC[C@H](COP(=O)(O)OC1[C@H](O)[C@H](O)C(O)[C@H](O)[C@H]1O)OC(=O)CC/C=C\C/C=C\C/C=C\C=C\C(O)C/C=C\C/C=C\CC. The Balaban J connectivity index is 2.56. The fourth-order valence-electron chi connectivity index (χ4n) is 6.25. The first-order valence-corrected chi connectivity index (χ1v) is 25.6. The summed E-state index contributed by atoms with van der Waals surface area (Å²) in [5.74, 6) is -1.28. The van der Waals surface area contributed by atoms with E-state index in [4.69, 9.17) is 18.5 Å². The van der Waals surface area contributed by atoms with Gasteiger partial charge in [-0.05, 0) is 89.9 Å². The molecule has 0 spiro atoms. The number of carbonyl (C=O) groups excluding carboxylic acids is 2. The van der Waals surface area contributed by atoms with Crippen molar-refractivity contribution in [2.75, 3.05) is 13.2 Å². The van der Waals surface area contributed by atoms with E-state index >= 15 is 0 Å². The predicted molar refractivity (Wildman–Crippen MR) is 268 cm³/mol. The molecule has 0 radical (unpaired) electrons. The quantitative estimate of drug-likeness (QED) is 0.0101. The van der Waals surface area contributed by atoms with E-state index in [9.17, 15) is 49.7 Å². The fraction of sp³-hybridized carbons (Fsp3) is 0.547. The molecule has 0 bridgehead atoms. The minimum Gasteiger partial charge on any atom is -0.462 e. The fourth-order valence-corrected chi connectivity index (χ4v) is 7.22. The first kappa shape index (κ1) is 62.0. The maximum atomic E-state index is 12.8. The third-order valence-corrected chi connectivity index (χ3v) is 11.1. The smallest absolute Gasteiger partial charge is 0.462 e. The van der Waals surface area contributed by atoms with Crippen molar-refractivity contribution < 1.29 is 68.2 Å². The molecule has 1 rings (SSSR count). The molecule has 382 valence electrons. The Bertz CT molecular complexity index is 1710. The van der Waals surface area contributed by atoms with E-state index in [0.29, 0.717) is 32.1 Å². The van der Waals surface area contributed by atoms with Crippen molar-refractivity contribution >= 4 is 19.8 Å².